The van der Waals surface area contributed by atoms with Gasteiger partial charge in [0.1, 0.15) is 0 Å². The highest BCUT2D eigenvalue weighted by molar-refractivity contribution is 8.00. The Balaban J connectivity index is 1.34. The second-order valence-electron chi connectivity index (χ2n) is 7.86. The van der Waals surface area contributed by atoms with Gasteiger partial charge in [-0.2, -0.15) is 0 Å². The normalized spacial score (nSPS) is 14.6. The molecule has 1 aliphatic carbocycles. The van der Waals surface area contributed by atoms with E-state index < -0.39 is 0 Å². The molecule has 0 radical (unpaired) electrons. The average Bonchev–Trinajstić information content (AvgIpc) is 2.80. The average molecular weight is 451 g/mol. The number of anilines is 2. The Kier molecular flexibility index (Phi) is 7.49. The quantitative estimate of drug-likeness (QED) is 0.365. The van der Waals surface area contributed by atoms with Gasteiger partial charge in [-0.25, -0.2) is 9.97 Å². The van der Waals surface area contributed by atoms with Gasteiger partial charge in [0.25, 0.3) is 0 Å². The fourth-order valence-electron chi connectivity index (χ4n) is 3.68. The third-order valence-corrected chi connectivity index (χ3v) is 6.81. The number of nitrogens with one attached hydrogen (secondary N) is 2. The van der Waals surface area contributed by atoms with Crippen molar-refractivity contribution in [2.24, 2.45) is 0 Å². The Hall–Kier alpha value is -2.50. The minimum absolute atomic E-state index is 0.515. The van der Waals surface area contributed by atoms with Crippen molar-refractivity contribution < 1.29 is 0 Å². The molecular weight excluding hydrogens is 424 g/mol. The molecule has 4 rings (SSSR count). The van der Waals surface area contributed by atoms with Gasteiger partial charge in [0.15, 0.2) is 0 Å². The van der Waals surface area contributed by atoms with Crippen molar-refractivity contribution in [2.45, 2.75) is 50.0 Å². The van der Waals surface area contributed by atoms with E-state index in [-0.39, 0.29) is 0 Å². The van der Waals surface area contributed by atoms with Crippen LogP contribution >= 0.6 is 23.5 Å². The lowest BCUT2D eigenvalue weighted by atomic mass is 9.96. The van der Waals surface area contributed by atoms with Crippen LogP contribution in [0.15, 0.2) is 59.8 Å². The van der Waals surface area contributed by atoms with Gasteiger partial charge in [-0.05, 0) is 67.1 Å². The summed E-state index contributed by atoms with van der Waals surface area (Å²) in [5.41, 5.74) is 4.39. The van der Waals surface area contributed by atoms with E-state index in [1.54, 1.807) is 0 Å². The lowest BCUT2D eigenvalue weighted by Gasteiger charge is -2.22. The van der Waals surface area contributed by atoms with E-state index in [4.69, 9.17) is 11.6 Å². The summed E-state index contributed by atoms with van der Waals surface area (Å²) >= 11 is 7.74. The molecule has 0 unspecified atom stereocenters. The molecule has 1 saturated carbocycles. The zero-order valence-electron chi connectivity index (χ0n) is 17.6. The Bertz CT molecular complexity index is 1030. The predicted molar refractivity (Wildman–Crippen MR) is 134 cm³/mol. The summed E-state index contributed by atoms with van der Waals surface area (Å²) in [6.07, 6.45) is 14.3. The summed E-state index contributed by atoms with van der Waals surface area (Å²) in [4.78, 5) is 9.98. The monoisotopic (exact) mass is 450 g/mol. The molecule has 6 heteroatoms. The fraction of sp³-hybridized carbons (Fsp3) is 0.280. The van der Waals surface area contributed by atoms with Gasteiger partial charge >= 0.3 is 0 Å². The van der Waals surface area contributed by atoms with E-state index >= 15 is 0 Å². The van der Waals surface area contributed by atoms with Crippen LogP contribution in [0.5, 0.6) is 0 Å². The number of nitrogens with zero attached hydrogens (tertiary/aromatic N) is 2. The van der Waals surface area contributed by atoms with Gasteiger partial charge in [-0.1, -0.05) is 61.2 Å². The molecule has 1 fully saturated rings. The number of benzene rings is 2. The molecule has 3 aromatic rings. The maximum Gasteiger partial charge on any atom is 0.222 e. The second kappa shape index (κ2) is 10.7. The number of aromatic nitrogens is 2. The first-order chi connectivity index (χ1) is 15.2. The van der Waals surface area contributed by atoms with Crippen molar-refractivity contribution in [3.8, 4) is 0 Å². The number of rotatable bonds is 7. The summed E-state index contributed by atoms with van der Waals surface area (Å²) in [6, 6.07) is 14.7. The third kappa shape index (κ3) is 6.25. The molecular formula is C25H27ClN4S. The molecule has 2 N–H and O–H groups in total. The lowest BCUT2D eigenvalue weighted by Crippen LogP contribution is -2.23. The molecule has 31 heavy (non-hydrogen) atoms. The SMILES string of the molecule is Cc1cc(NSc2ccccc2Cl)ccc1/C=C/c1cnc(NC2CCCCC2)nc1. The Labute approximate surface area is 193 Å². The van der Waals surface area contributed by atoms with Crippen LogP contribution in [0.3, 0.4) is 0 Å². The molecule has 1 aromatic heterocycles. The number of hydrogen-bond donors (Lipinski definition) is 2. The Morgan fingerprint density at radius 1 is 1.00 bits per heavy atom. The highest BCUT2D eigenvalue weighted by atomic mass is 35.5. The molecule has 0 atom stereocenters. The van der Waals surface area contributed by atoms with Gasteiger partial charge in [0.2, 0.25) is 5.95 Å². The first-order valence-corrected chi connectivity index (χ1v) is 11.9. The summed E-state index contributed by atoms with van der Waals surface area (Å²) in [7, 11) is 0. The molecule has 2 aromatic carbocycles. The molecule has 0 bridgehead atoms. The zero-order valence-corrected chi connectivity index (χ0v) is 19.2. The van der Waals surface area contributed by atoms with E-state index in [1.165, 1.54) is 49.6 Å². The minimum Gasteiger partial charge on any atom is -0.351 e. The van der Waals surface area contributed by atoms with Gasteiger partial charge in [-0.15, -0.1) is 0 Å². The smallest absolute Gasteiger partial charge is 0.222 e. The van der Waals surface area contributed by atoms with E-state index in [9.17, 15) is 0 Å². The van der Waals surface area contributed by atoms with Crippen molar-refractivity contribution >= 4 is 47.3 Å². The molecule has 160 valence electrons. The lowest BCUT2D eigenvalue weighted by molar-refractivity contribution is 0.461. The first kappa shape index (κ1) is 21.7. The van der Waals surface area contributed by atoms with Gasteiger partial charge in [0, 0.05) is 34.6 Å². The van der Waals surface area contributed by atoms with E-state index in [0.29, 0.717) is 6.04 Å². The van der Waals surface area contributed by atoms with Crippen LogP contribution in [0.2, 0.25) is 5.02 Å². The van der Waals surface area contributed by atoms with Crippen LogP contribution < -0.4 is 10.0 Å². The molecule has 0 amide bonds. The van der Waals surface area contributed by atoms with Crippen molar-refractivity contribution in [3.05, 3.63) is 76.6 Å². The van der Waals surface area contributed by atoms with Crippen molar-refractivity contribution in [1.29, 1.82) is 0 Å². The predicted octanol–water partition coefficient (Wildman–Crippen LogP) is 7.47. The van der Waals surface area contributed by atoms with Crippen LogP contribution in [0.1, 0.15) is 48.8 Å². The maximum atomic E-state index is 6.22. The van der Waals surface area contributed by atoms with Crippen molar-refractivity contribution in [3.63, 3.8) is 0 Å². The van der Waals surface area contributed by atoms with Crippen LogP contribution in [-0.4, -0.2) is 16.0 Å². The maximum absolute atomic E-state index is 6.22. The molecule has 0 aliphatic heterocycles. The standard InChI is InChI=1S/C25H27ClN4S/c1-18-15-22(30-31-24-10-6-5-9-23(24)26)14-13-20(18)12-11-19-16-27-25(28-17-19)29-21-7-3-2-4-8-21/h5-6,9-17,21,30H,2-4,7-8H2,1H3,(H,27,28,29)/b12-11+. The summed E-state index contributed by atoms with van der Waals surface area (Å²) in [5.74, 6) is 0.728. The topological polar surface area (TPSA) is 49.8 Å². The van der Waals surface area contributed by atoms with Crippen LogP contribution in [0.25, 0.3) is 12.2 Å². The molecule has 1 heterocycles. The largest absolute Gasteiger partial charge is 0.351 e. The van der Waals surface area contributed by atoms with E-state index in [2.05, 4.69) is 57.3 Å². The second-order valence-corrected chi connectivity index (χ2v) is 9.11. The minimum atomic E-state index is 0.515. The van der Waals surface area contributed by atoms with Gasteiger partial charge in [0.05, 0.1) is 5.02 Å². The van der Waals surface area contributed by atoms with Crippen molar-refractivity contribution in [1.82, 2.24) is 9.97 Å². The zero-order chi connectivity index (χ0) is 21.5. The Morgan fingerprint density at radius 2 is 1.77 bits per heavy atom. The third-order valence-electron chi connectivity index (χ3n) is 5.45. The molecule has 1 aliphatic rings. The summed E-state index contributed by atoms with van der Waals surface area (Å²) in [6.45, 7) is 2.11. The number of halogens is 1. The van der Waals surface area contributed by atoms with Crippen LogP contribution in [0.4, 0.5) is 11.6 Å². The van der Waals surface area contributed by atoms with Crippen LogP contribution in [-0.2, 0) is 0 Å². The van der Waals surface area contributed by atoms with E-state index in [1.807, 2.05) is 36.7 Å². The van der Waals surface area contributed by atoms with Crippen molar-refractivity contribution in [2.75, 3.05) is 10.0 Å². The van der Waals surface area contributed by atoms with Gasteiger partial charge in [-0.3, -0.25) is 0 Å². The fourth-order valence-corrected chi connectivity index (χ4v) is 4.60. The number of aryl methyl sites for hydroxylation is 1. The molecule has 0 spiro atoms. The van der Waals surface area contributed by atoms with Gasteiger partial charge < -0.3 is 10.0 Å². The first-order valence-electron chi connectivity index (χ1n) is 10.7. The number of hydrogen-bond acceptors (Lipinski definition) is 5. The summed E-state index contributed by atoms with van der Waals surface area (Å²) in [5, 5.41) is 4.21. The Morgan fingerprint density at radius 3 is 2.52 bits per heavy atom. The molecule has 4 nitrogen and oxygen atoms in total. The molecule has 0 saturated heterocycles. The highest BCUT2D eigenvalue weighted by Gasteiger charge is 2.13. The van der Waals surface area contributed by atoms with E-state index in [0.717, 1.165) is 32.7 Å². The summed E-state index contributed by atoms with van der Waals surface area (Å²) < 4.78 is 3.36. The van der Waals surface area contributed by atoms with Crippen LogP contribution in [0, 0.1) is 6.92 Å². The highest BCUT2D eigenvalue weighted by Crippen LogP contribution is 2.28.